The van der Waals surface area contributed by atoms with Gasteiger partial charge in [0, 0.05) is 43.1 Å². The number of rotatable bonds is 4. The van der Waals surface area contributed by atoms with Gasteiger partial charge in [0.05, 0.1) is 0 Å². The van der Waals surface area contributed by atoms with Gasteiger partial charge in [0.2, 0.25) is 0 Å². The van der Waals surface area contributed by atoms with Gasteiger partial charge in [-0.1, -0.05) is 0 Å². The quantitative estimate of drug-likeness (QED) is 0.908. The Bertz CT molecular complexity index is 418. The summed E-state index contributed by atoms with van der Waals surface area (Å²) in [6.45, 7) is 0.896. The summed E-state index contributed by atoms with van der Waals surface area (Å²) < 4.78 is 0. The molecule has 2 rings (SSSR count). The first kappa shape index (κ1) is 14.5. The van der Waals surface area contributed by atoms with Gasteiger partial charge in [-0.2, -0.15) is 23.5 Å². The summed E-state index contributed by atoms with van der Waals surface area (Å²) in [5.74, 6) is 4.26. The molecule has 0 saturated carbocycles. The molecule has 2 heterocycles. The molecule has 1 aromatic heterocycles. The van der Waals surface area contributed by atoms with Crippen molar-refractivity contribution in [3.8, 4) is 0 Å². The first-order valence-electron chi connectivity index (χ1n) is 6.15. The Morgan fingerprint density at radius 2 is 2.26 bits per heavy atom. The molecule has 5 nitrogen and oxygen atoms in total. The highest BCUT2D eigenvalue weighted by molar-refractivity contribution is 8.06. The molecule has 1 saturated heterocycles. The van der Waals surface area contributed by atoms with Crippen LogP contribution in [0.4, 0.5) is 5.82 Å². The van der Waals surface area contributed by atoms with Crippen molar-refractivity contribution in [1.29, 1.82) is 0 Å². The third-order valence-electron chi connectivity index (χ3n) is 2.69. The van der Waals surface area contributed by atoms with E-state index >= 15 is 0 Å². The smallest absolute Gasteiger partial charge is 0.273 e. The number of carbonyl (C=O) groups is 1. The van der Waals surface area contributed by atoms with E-state index in [0.29, 0.717) is 10.9 Å². The van der Waals surface area contributed by atoms with Crippen molar-refractivity contribution in [2.45, 2.75) is 5.25 Å². The average molecular weight is 298 g/mol. The molecule has 1 atom stereocenters. The van der Waals surface area contributed by atoms with Crippen LogP contribution in [0, 0.1) is 0 Å². The van der Waals surface area contributed by atoms with Crippen LogP contribution in [0.15, 0.2) is 12.1 Å². The Hall–Kier alpha value is -0.950. The predicted molar refractivity (Wildman–Crippen MR) is 82.1 cm³/mol. The van der Waals surface area contributed by atoms with Crippen molar-refractivity contribution in [2.24, 2.45) is 0 Å². The monoisotopic (exact) mass is 298 g/mol. The fourth-order valence-electron chi connectivity index (χ4n) is 1.64. The van der Waals surface area contributed by atoms with E-state index in [-0.39, 0.29) is 5.91 Å². The summed E-state index contributed by atoms with van der Waals surface area (Å²) in [6.07, 6.45) is 0. The van der Waals surface area contributed by atoms with Crippen molar-refractivity contribution >= 4 is 35.2 Å². The highest BCUT2D eigenvalue weighted by Gasteiger charge is 2.14. The molecule has 0 bridgehead atoms. The summed E-state index contributed by atoms with van der Waals surface area (Å²) in [5, 5.41) is 11.9. The minimum Gasteiger partial charge on any atom is -0.367 e. The minimum absolute atomic E-state index is 0.127. The molecule has 7 heteroatoms. The lowest BCUT2D eigenvalue weighted by atomic mass is 10.3. The third kappa shape index (κ3) is 4.28. The van der Waals surface area contributed by atoms with Gasteiger partial charge in [-0.3, -0.25) is 4.79 Å². The lowest BCUT2D eigenvalue weighted by molar-refractivity contribution is 0.0821. The molecular formula is C12H18N4OS2. The van der Waals surface area contributed by atoms with Gasteiger partial charge in [-0.05, 0) is 12.1 Å². The highest BCUT2D eigenvalue weighted by Crippen LogP contribution is 2.23. The molecule has 1 fully saturated rings. The molecule has 1 amide bonds. The van der Waals surface area contributed by atoms with E-state index in [1.54, 1.807) is 20.2 Å². The Labute approximate surface area is 121 Å². The number of amides is 1. The normalized spacial score (nSPS) is 18.9. The molecule has 1 unspecified atom stereocenters. The maximum absolute atomic E-state index is 11.7. The van der Waals surface area contributed by atoms with Crippen LogP contribution in [0.3, 0.4) is 0 Å². The van der Waals surface area contributed by atoms with Gasteiger partial charge >= 0.3 is 0 Å². The first-order chi connectivity index (χ1) is 9.16. The number of carbonyl (C=O) groups excluding carboxylic acids is 1. The maximum atomic E-state index is 11.7. The first-order valence-corrected chi connectivity index (χ1v) is 8.36. The van der Waals surface area contributed by atoms with E-state index in [2.05, 4.69) is 15.5 Å². The Morgan fingerprint density at radius 1 is 1.42 bits per heavy atom. The summed E-state index contributed by atoms with van der Waals surface area (Å²) in [5.41, 5.74) is 0.373. The largest absolute Gasteiger partial charge is 0.367 e. The van der Waals surface area contributed by atoms with Crippen LogP contribution in [0.5, 0.6) is 0 Å². The topological polar surface area (TPSA) is 58.1 Å². The molecule has 0 aromatic carbocycles. The second-order valence-corrected chi connectivity index (χ2v) is 7.01. The van der Waals surface area contributed by atoms with Gasteiger partial charge in [0.1, 0.15) is 5.82 Å². The molecule has 19 heavy (non-hydrogen) atoms. The number of nitrogens with zero attached hydrogens (tertiary/aromatic N) is 3. The van der Waals surface area contributed by atoms with Crippen molar-refractivity contribution < 1.29 is 4.79 Å². The summed E-state index contributed by atoms with van der Waals surface area (Å²) in [7, 11) is 3.41. The van der Waals surface area contributed by atoms with Crippen molar-refractivity contribution in [3.63, 3.8) is 0 Å². The molecule has 1 aromatic rings. The van der Waals surface area contributed by atoms with E-state index in [0.717, 1.165) is 12.4 Å². The second kappa shape index (κ2) is 7.00. The zero-order valence-corrected chi connectivity index (χ0v) is 12.8. The standard InChI is InChI=1S/C12H18N4OS2/c1-16(2)12(17)10-3-4-11(15-14-10)13-7-9-8-18-5-6-19-9/h3-4,9H,5-8H2,1-2H3,(H,13,15). The van der Waals surface area contributed by atoms with Crippen LogP contribution in [-0.2, 0) is 0 Å². The van der Waals surface area contributed by atoms with Gasteiger partial charge in [0.25, 0.3) is 5.91 Å². The molecule has 1 aliphatic rings. The summed E-state index contributed by atoms with van der Waals surface area (Å²) in [4.78, 5) is 13.2. The van der Waals surface area contributed by atoms with E-state index in [1.807, 2.05) is 29.6 Å². The Kier molecular flexibility index (Phi) is 5.33. The molecule has 104 valence electrons. The van der Waals surface area contributed by atoms with Crippen LogP contribution in [0.2, 0.25) is 0 Å². The third-order valence-corrected chi connectivity index (χ3v) is 5.53. The zero-order valence-electron chi connectivity index (χ0n) is 11.1. The number of nitrogens with one attached hydrogen (secondary N) is 1. The minimum atomic E-state index is -0.127. The molecule has 0 spiro atoms. The second-order valence-electron chi connectivity index (χ2n) is 4.45. The van der Waals surface area contributed by atoms with Crippen molar-refractivity contribution in [1.82, 2.24) is 15.1 Å². The van der Waals surface area contributed by atoms with Crippen LogP contribution >= 0.6 is 23.5 Å². The number of thioether (sulfide) groups is 2. The Morgan fingerprint density at radius 3 is 2.84 bits per heavy atom. The molecule has 1 aliphatic heterocycles. The molecular weight excluding hydrogens is 280 g/mol. The SMILES string of the molecule is CN(C)C(=O)c1ccc(NCC2CSCCS2)nn1. The van der Waals surface area contributed by atoms with Gasteiger partial charge in [-0.25, -0.2) is 0 Å². The molecule has 0 aliphatic carbocycles. The van der Waals surface area contributed by atoms with Crippen LogP contribution in [0.25, 0.3) is 0 Å². The van der Waals surface area contributed by atoms with Gasteiger partial charge < -0.3 is 10.2 Å². The summed E-state index contributed by atoms with van der Waals surface area (Å²) >= 11 is 4.00. The number of hydrogen-bond acceptors (Lipinski definition) is 6. The van der Waals surface area contributed by atoms with Gasteiger partial charge in [-0.15, -0.1) is 10.2 Å². The number of anilines is 1. The summed E-state index contributed by atoms with van der Waals surface area (Å²) in [6, 6.07) is 3.52. The fourth-order valence-corrected chi connectivity index (χ4v) is 4.25. The lowest BCUT2D eigenvalue weighted by Gasteiger charge is -2.21. The zero-order chi connectivity index (χ0) is 13.7. The number of aromatic nitrogens is 2. The van der Waals surface area contributed by atoms with Crippen LogP contribution in [-0.4, -0.2) is 64.2 Å². The highest BCUT2D eigenvalue weighted by atomic mass is 32.2. The van der Waals surface area contributed by atoms with E-state index < -0.39 is 0 Å². The number of hydrogen-bond donors (Lipinski definition) is 1. The van der Waals surface area contributed by atoms with Crippen LogP contribution in [0.1, 0.15) is 10.5 Å². The Balaban J connectivity index is 1.86. The molecule has 0 radical (unpaired) electrons. The van der Waals surface area contributed by atoms with E-state index in [4.69, 9.17) is 0 Å². The lowest BCUT2D eigenvalue weighted by Crippen LogP contribution is -2.25. The van der Waals surface area contributed by atoms with Crippen LogP contribution < -0.4 is 5.32 Å². The molecule has 1 N–H and O–H groups in total. The van der Waals surface area contributed by atoms with E-state index in [9.17, 15) is 4.79 Å². The average Bonchev–Trinajstić information content (AvgIpc) is 2.46. The van der Waals surface area contributed by atoms with Crippen molar-refractivity contribution in [2.75, 3.05) is 43.2 Å². The van der Waals surface area contributed by atoms with Crippen molar-refractivity contribution in [3.05, 3.63) is 17.8 Å². The van der Waals surface area contributed by atoms with Gasteiger partial charge in [0.15, 0.2) is 5.69 Å². The predicted octanol–water partition coefficient (Wildman–Crippen LogP) is 1.44. The maximum Gasteiger partial charge on any atom is 0.273 e. The van der Waals surface area contributed by atoms with E-state index in [1.165, 1.54) is 22.2 Å². The fraction of sp³-hybridized carbons (Fsp3) is 0.583.